The number of piperidine rings is 1. The van der Waals surface area contributed by atoms with E-state index in [1.54, 1.807) is 13.0 Å². The minimum atomic E-state index is -2.19. The highest BCUT2D eigenvalue weighted by Gasteiger charge is 2.75. The molecule has 0 radical (unpaired) electrons. The number of rotatable bonds is 8. The lowest BCUT2D eigenvalue weighted by molar-refractivity contribution is -0.219. The number of likely N-dealkylation sites (tertiary alicyclic amines) is 1. The maximum Gasteiger partial charge on any atom is 0.303 e. The van der Waals surface area contributed by atoms with Gasteiger partial charge >= 0.3 is 5.97 Å². The standard InChI is InChI=1S/C37H48N2O5Si/c1-24(40)43-37-19-18-28(38-31(41)17-14-25-10-8-7-9-11-25)34-36(37)20-21-39(23-26-12-13-26)30(37)22-27-15-16-29(33(42-34)32(27)36)44-45(5,6)35(2,3)4/h7-11,14-17,26,28,30,34H,12-13,18-23H2,1-6H3,(H,38,41)/b17-14+/t28-,30-,34+,36+,37-/m1/s1. The summed E-state index contributed by atoms with van der Waals surface area (Å²) < 4.78 is 20.8. The first-order valence-electron chi connectivity index (χ1n) is 16.8. The van der Waals surface area contributed by atoms with Crippen LogP contribution in [0.25, 0.3) is 6.08 Å². The van der Waals surface area contributed by atoms with E-state index in [1.807, 2.05) is 36.4 Å². The van der Waals surface area contributed by atoms with Crippen LogP contribution in [0, 0.1) is 5.92 Å². The molecule has 0 aromatic heterocycles. The highest BCUT2D eigenvalue weighted by molar-refractivity contribution is 6.74. The number of amides is 1. The molecule has 2 aromatic rings. The van der Waals surface area contributed by atoms with E-state index in [4.69, 9.17) is 13.9 Å². The zero-order valence-electron chi connectivity index (χ0n) is 27.7. The van der Waals surface area contributed by atoms with E-state index in [2.05, 4.69) is 56.2 Å². The molecule has 5 atom stereocenters. The minimum Gasteiger partial charge on any atom is -0.541 e. The Morgan fingerprint density at radius 2 is 1.84 bits per heavy atom. The Labute approximate surface area is 268 Å². The van der Waals surface area contributed by atoms with Gasteiger partial charge in [-0.2, -0.15) is 0 Å². The fourth-order valence-electron chi connectivity index (χ4n) is 8.53. The molecule has 1 N–H and O–H groups in total. The Balaban J connectivity index is 1.32. The minimum absolute atomic E-state index is 0.0155. The van der Waals surface area contributed by atoms with Gasteiger partial charge in [-0.25, -0.2) is 0 Å². The van der Waals surface area contributed by atoms with Crippen molar-refractivity contribution in [3.05, 3.63) is 65.2 Å². The predicted octanol–water partition coefficient (Wildman–Crippen LogP) is 6.40. The molecule has 2 aromatic carbocycles. The van der Waals surface area contributed by atoms with Gasteiger partial charge in [-0.3, -0.25) is 14.5 Å². The summed E-state index contributed by atoms with van der Waals surface area (Å²) in [4.78, 5) is 29.1. The molecule has 0 unspecified atom stereocenters. The molecule has 2 heterocycles. The summed E-state index contributed by atoms with van der Waals surface area (Å²) in [6, 6.07) is 14.0. The van der Waals surface area contributed by atoms with Crippen molar-refractivity contribution in [2.75, 3.05) is 13.1 Å². The van der Waals surface area contributed by atoms with Crippen LogP contribution in [0.1, 0.15) is 76.5 Å². The van der Waals surface area contributed by atoms with E-state index in [9.17, 15) is 9.59 Å². The van der Waals surface area contributed by atoms with Crippen molar-refractivity contribution in [2.24, 2.45) is 5.92 Å². The molecule has 1 spiro atoms. The first-order valence-corrected chi connectivity index (χ1v) is 19.7. The van der Waals surface area contributed by atoms with E-state index >= 15 is 0 Å². The maximum absolute atomic E-state index is 13.4. The molecule has 1 amide bonds. The van der Waals surface area contributed by atoms with Crippen LogP contribution in [-0.2, 0) is 26.2 Å². The Kier molecular flexibility index (Phi) is 7.28. The fourth-order valence-corrected chi connectivity index (χ4v) is 9.55. The summed E-state index contributed by atoms with van der Waals surface area (Å²) in [5, 5.41) is 3.35. The van der Waals surface area contributed by atoms with Crippen LogP contribution in [0.2, 0.25) is 18.1 Å². The van der Waals surface area contributed by atoms with E-state index in [0.29, 0.717) is 12.8 Å². The fraction of sp³-hybridized carbons (Fsp3) is 0.568. The van der Waals surface area contributed by atoms with Gasteiger partial charge in [-0.1, -0.05) is 57.2 Å². The largest absolute Gasteiger partial charge is 0.541 e. The summed E-state index contributed by atoms with van der Waals surface area (Å²) in [6.07, 6.45) is 8.62. The Morgan fingerprint density at radius 1 is 1.09 bits per heavy atom. The number of ether oxygens (including phenoxy) is 2. The lowest BCUT2D eigenvalue weighted by Crippen LogP contribution is -2.79. The van der Waals surface area contributed by atoms with Gasteiger partial charge in [0.15, 0.2) is 5.75 Å². The van der Waals surface area contributed by atoms with Crippen LogP contribution in [0.15, 0.2) is 48.5 Å². The predicted molar refractivity (Wildman–Crippen MR) is 178 cm³/mol. The van der Waals surface area contributed by atoms with E-state index in [0.717, 1.165) is 54.5 Å². The van der Waals surface area contributed by atoms with Crippen molar-refractivity contribution < 1.29 is 23.5 Å². The summed E-state index contributed by atoms with van der Waals surface area (Å²) in [5.74, 6) is 1.93. The SMILES string of the molecule is CC(=O)O[C@@]12CC[C@@H](NC(=O)/C=C/c3ccccc3)[C@@H]3Oc4c(O[Si](C)(C)C(C)(C)C)ccc5c4[C@@]31CCN(CC1CC1)[C@@H]2C5. The van der Waals surface area contributed by atoms with Gasteiger partial charge < -0.3 is 19.2 Å². The average molecular weight is 629 g/mol. The van der Waals surface area contributed by atoms with Crippen molar-refractivity contribution in [3.8, 4) is 11.5 Å². The zero-order chi connectivity index (χ0) is 31.8. The lowest BCUT2D eigenvalue weighted by Gasteiger charge is -2.65. The smallest absolute Gasteiger partial charge is 0.303 e. The quantitative estimate of drug-likeness (QED) is 0.207. The molecule has 2 saturated carbocycles. The van der Waals surface area contributed by atoms with Crippen LogP contribution < -0.4 is 14.5 Å². The van der Waals surface area contributed by atoms with E-state index in [-0.39, 0.29) is 35.1 Å². The van der Waals surface area contributed by atoms with Gasteiger partial charge in [0, 0.05) is 25.1 Å². The highest BCUT2D eigenvalue weighted by atomic mass is 28.4. The summed E-state index contributed by atoms with van der Waals surface area (Å²) in [6.45, 7) is 14.8. The van der Waals surface area contributed by atoms with E-state index < -0.39 is 19.3 Å². The second-order valence-electron chi connectivity index (χ2n) is 15.6. The molecule has 3 aliphatic carbocycles. The van der Waals surface area contributed by atoms with Gasteiger partial charge in [-0.05, 0) is 92.4 Å². The molecule has 45 heavy (non-hydrogen) atoms. The van der Waals surface area contributed by atoms with Gasteiger partial charge in [0.25, 0.3) is 8.32 Å². The number of benzene rings is 2. The highest BCUT2D eigenvalue weighted by Crippen LogP contribution is 2.67. The summed E-state index contributed by atoms with van der Waals surface area (Å²) >= 11 is 0. The molecule has 3 fully saturated rings. The molecule has 5 aliphatic rings. The number of hydrogen-bond acceptors (Lipinski definition) is 6. The van der Waals surface area contributed by atoms with E-state index in [1.165, 1.54) is 18.4 Å². The Bertz CT molecular complexity index is 1530. The summed E-state index contributed by atoms with van der Waals surface area (Å²) in [5.41, 5.74) is 2.10. The first-order chi connectivity index (χ1) is 21.3. The maximum atomic E-state index is 13.4. The van der Waals surface area contributed by atoms with Crippen molar-refractivity contribution in [3.63, 3.8) is 0 Å². The van der Waals surface area contributed by atoms with Crippen LogP contribution in [0.4, 0.5) is 0 Å². The number of carbonyl (C=O) groups is 2. The van der Waals surface area contributed by atoms with Crippen LogP contribution in [0.3, 0.4) is 0 Å². The van der Waals surface area contributed by atoms with Gasteiger partial charge in [0.05, 0.1) is 17.5 Å². The Hall–Kier alpha value is -3.10. The second kappa shape index (κ2) is 10.7. The molecule has 240 valence electrons. The normalized spacial score (nSPS) is 30.4. The monoisotopic (exact) mass is 628 g/mol. The Morgan fingerprint density at radius 3 is 2.53 bits per heavy atom. The average Bonchev–Trinajstić information content (AvgIpc) is 3.72. The van der Waals surface area contributed by atoms with Crippen molar-refractivity contribution >= 4 is 26.3 Å². The van der Waals surface area contributed by atoms with Crippen LogP contribution in [-0.4, -0.2) is 62.0 Å². The molecule has 1 saturated heterocycles. The zero-order valence-corrected chi connectivity index (χ0v) is 28.7. The molecule has 2 bridgehead atoms. The molecular weight excluding hydrogens is 581 g/mol. The summed E-state index contributed by atoms with van der Waals surface area (Å²) in [7, 11) is -2.19. The molecule has 7 rings (SSSR count). The second-order valence-corrected chi connectivity index (χ2v) is 20.3. The third-order valence-corrected chi connectivity index (χ3v) is 16.1. The van der Waals surface area contributed by atoms with Crippen molar-refractivity contribution in [1.82, 2.24) is 10.2 Å². The number of hydrogen-bond donors (Lipinski definition) is 1. The van der Waals surface area contributed by atoms with Crippen LogP contribution in [0.5, 0.6) is 11.5 Å². The molecular formula is C37H48N2O5Si. The van der Waals surface area contributed by atoms with Crippen molar-refractivity contribution in [2.45, 2.75) is 114 Å². The number of esters is 1. The molecule has 8 heteroatoms. The molecule has 7 nitrogen and oxygen atoms in total. The van der Waals surface area contributed by atoms with Crippen LogP contribution >= 0.6 is 0 Å². The van der Waals surface area contributed by atoms with Gasteiger partial charge in [-0.15, -0.1) is 0 Å². The van der Waals surface area contributed by atoms with Gasteiger partial charge in [0.2, 0.25) is 5.91 Å². The number of nitrogens with one attached hydrogen (secondary N) is 1. The molecule has 2 aliphatic heterocycles. The van der Waals surface area contributed by atoms with Gasteiger partial charge in [0.1, 0.15) is 17.5 Å². The lowest BCUT2D eigenvalue weighted by atomic mass is 9.48. The topological polar surface area (TPSA) is 77.1 Å². The third-order valence-electron chi connectivity index (χ3n) is 11.8. The first kappa shape index (κ1) is 30.5. The third kappa shape index (κ3) is 4.94. The number of carbonyl (C=O) groups excluding carboxylic acids is 2. The van der Waals surface area contributed by atoms with Crippen molar-refractivity contribution in [1.29, 1.82) is 0 Å². The number of nitrogens with zero attached hydrogens (tertiary/aromatic N) is 1.